The number of ketones is 1. The van der Waals surface area contributed by atoms with Crippen LogP contribution in [0.1, 0.15) is 31.5 Å². The predicted molar refractivity (Wildman–Crippen MR) is 143 cm³/mol. The molecule has 42 heavy (non-hydrogen) atoms. The number of pyridine rings is 1. The Balaban J connectivity index is 1.76. The number of aromatic nitrogens is 1. The number of aliphatic carboxylic acids is 1. The van der Waals surface area contributed by atoms with Crippen molar-refractivity contribution in [3.63, 3.8) is 0 Å². The zero-order valence-corrected chi connectivity index (χ0v) is 23.5. The van der Waals surface area contributed by atoms with Gasteiger partial charge in [0.25, 0.3) is 0 Å². The summed E-state index contributed by atoms with van der Waals surface area (Å²) in [4.78, 5) is 66.1. The summed E-state index contributed by atoms with van der Waals surface area (Å²) in [6.07, 6.45) is 0.0348. The zero-order chi connectivity index (χ0) is 31.6. The van der Waals surface area contributed by atoms with Crippen LogP contribution >= 0.6 is 11.3 Å². The van der Waals surface area contributed by atoms with Gasteiger partial charge in [-0.25, -0.2) is 13.9 Å². The average Bonchev–Trinajstić information content (AvgIpc) is 3.30. The number of nitrogens with two attached hydrogens (primary N) is 1. The Morgan fingerprint density at radius 3 is 2.45 bits per heavy atom. The van der Waals surface area contributed by atoms with Crippen LogP contribution in [0.5, 0.6) is 5.75 Å². The summed E-state index contributed by atoms with van der Waals surface area (Å²) in [5.74, 6) is -5.50. The number of amides is 3. The van der Waals surface area contributed by atoms with Crippen LogP contribution < -0.4 is 21.8 Å². The fourth-order valence-corrected chi connectivity index (χ4v) is 5.22. The van der Waals surface area contributed by atoms with Crippen LogP contribution in [0.3, 0.4) is 0 Å². The molecule has 2 aromatic rings. The lowest BCUT2D eigenvalue weighted by atomic mass is 9.84. The molecule has 228 valence electrons. The lowest BCUT2D eigenvalue weighted by Crippen LogP contribution is -2.66. The topological polar surface area (TPSA) is 280 Å². The molecule has 0 saturated carbocycles. The van der Waals surface area contributed by atoms with Gasteiger partial charge in [-0.15, -0.1) is 11.3 Å². The van der Waals surface area contributed by atoms with Crippen molar-refractivity contribution in [1.82, 2.24) is 19.7 Å². The second kappa shape index (κ2) is 12.0. The van der Waals surface area contributed by atoms with Crippen LogP contribution in [0.4, 0.5) is 9.80 Å². The summed E-state index contributed by atoms with van der Waals surface area (Å²) >= 11 is 1.03. The summed E-state index contributed by atoms with van der Waals surface area (Å²) in [6, 6.07) is -0.161. The average molecular weight is 631 g/mol. The van der Waals surface area contributed by atoms with E-state index in [4.69, 9.17) is 10.6 Å². The smallest absolute Gasteiger partial charge is 0.362 e. The Morgan fingerprint density at radius 1 is 1.21 bits per heavy atom. The van der Waals surface area contributed by atoms with Crippen LogP contribution in [-0.2, 0) is 36.1 Å². The van der Waals surface area contributed by atoms with Gasteiger partial charge >= 0.3 is 22.3 Å². The molecule has 1 aliphatic rings. The molecule has 2 atom stereocenters. The molecular weight excluding hydrogens is 604 g/mol. The van der Waals surface area contributed by atoms with Crippen LogP contribution in [0, 0.1) is 5.92 Å². The van der Waals surface area contributed by atoms with Crippen molar-refractivity contribution in [2.45, 2.75) is 38.5 Å². The first-order chi connectivity index (χ1) is 19.4. The van der Waals surface area contributed by atoms with Crippen LogP contribution in [-0.4, -0.2) is 85.0 Å². The number of urea groups is 1. The molecule has 0 bridgehead atoms. The minimum absolute atomic E-state index is 0.0834. The van der Waals surface area contributed by atoms with Gasteiger partial charge in [0.2, 0.25) is 16.9 Å². The molecule has 8 N–H and O–H groups in total. The largest absolute Gasteiger partial charge is 0.503 e. The number of carbonyl (C=O) groups excluding carboxylic acids is 3. The number of oxime groups is 1. The number of rotatable bonds is 12. The van der Waals surface area contributed by atoms with Gasteiger partial charge in [-0.3, -0.25) is 18.9 Å². The van der Waals surface area contributed by atoms with E-state index in [0.717, 1.165) is 17.4 Å². The molecule has 0 aromatic carbocycles. The van der Waals surface area contributed by atoms with Crippen LogP contribution in [0.2, 0.25) is 0 Å². The van der Waals surface area contributed by atoms with Gasteiger partial charge in [-0.1, -0.05) is 5.16 Å². The highest BCUT2D eigenvalue weighted by atomic mass is 32.2. The SMILES string of the molecule is CC(C)(O/N=C(\C(=O)C[C@H]1C(=O)N(S(=O)(=O)O)[C@H]1CNC(=O)NCc1cc(=O)c(O)cn1O)c1csc(N)c1)C(=O)O. The highest BCUT2D eigenvalue weighted by molar-refractivity contribution is 7.84. The Morgan fingerprint density at radius 2 is 1.88 bits per heavy atom. The number of Topliss-reactive ketones (excluding diaryl/α,β-unsaturated/α-hetero) is 1. The van der Waals surface area contributed by atoms with Gasteiger partial charge in [-0.2, -0.15) is 13.1 Å². The summed E-state index contributed by atoms with van der Waals surface area (Å²) in [6.45, 7) is 1.37. The second-order valence-corrected chi connectivity index (χ2v) is 11.7. The highest BCUT2D eigenvalue weighted by Crippen LogP contribution is 2.32. The Kier molecular flexibility index (Phi) is 9.13. The molecule has 0 aliphatic carbocycles. The highest BCUT2D eigenvalue weighted by Gasteiger charge is 2.54. The number of hydrogen-bond acceptors (Lipinski definition) is 13. The number of carbonyl (C=O) groups is 4. The standard InChI is InChI=1S/C22H26N6O12S2/c1-22(2,20(33)34)40-26-18(10-3-17(23)41-9-10)15(30)5-12-13(28(19(12)32)42(37,38)39)7-25-21(35)24-6-11-4-14(29)16(31)8-27(11)36/h3-4,8-9,12-13,31,36H,5-7,23H2,1-2H3,(H,33,34)(H2,24,25,35)(H,37,38,39)/b26-18-/t12-,13+/m1/s1. The number of nitrogens with zero attached hydrogens (tertiary/aromatic N) is 3. The van der Waals surface area contributed by atoms with Crippen molar-refractivity contribution in [3.05, 3.63) is 45.2 Å². The summed E-state index contributed by atoms with van der Waals surface area (Å²) < 4.78 is 33.6. The van der Waals surface area contributed by atoms with Gasteiger partial charge in [0, 0.05) is 30.0 Å². The van der Waals surface area contributed by atoms with Crippen LogP contribution in [0.15, 0.2) is 33.7 Å². The molecule has 3 heterocycles. The lowest BCUT2D eigenvalue weighted by molar-refractivity contribution is -0.161. The maximum Gasteiger partial charge on any atom is 0.362 e. The number of nitrogens with one attached hydrogen (secondary N) is 2. The van der Waals surface area contributed by atoms with Gasteiger partial charge in [0.15, 0.2) is 17.2 Å². The molecule has 3 amide bonds. The van der Waals surface area contributed by atoms with E-state index >= 15 is 0 Å². The van der Waals surface area contributed by atoms with E-state index in [1.165, 1.54) is 25.3 Å². The van der Waals surface area contributed by atoms with Crippen molar-refractivity contribution in [1.29, 1.82) is 0 Å². The molecule has 1 saturated heterocycles. The molecule has 20 heteroatoms. The minimum Gasteiger partial charge on any atom is -0.503 e. The van der Waals surface area contributed by atoms with Gasteiger partial charge < -0.3 is 36.6 Å². The van der Waals surface area contributed by atoms with Crippen molar-refractivity contribution in [3.8, 4) is 5.75 Å². The van der Waals surface area contributed by atoms with Crippen molar-refractivity contribution < 1.29 is 52.4 Å². The fourth-order valence-electron chi connectivity index (χ4n) is 3.66. The molecule has 0 unspecified atom stereocenters. The molecule has 0 radical (unpaired) electrons. The van der Waals surface area contributed by atoms with E-state index in [1.807, 2.05) is 0 Å². The summed E-state index contributed by atoms with van der Waals surface area (Å²) in [5.41, 5.74) is 2.68. The number of nitrogen functional groups attached to an aromatic ring is 1. The monoisotopic (exact) mass is 630 g/mol. The van der Waals surface area contributed by atoms with E-state index in [1.54, 1.807) is 0 Å². The molecule has 1 fully saturated rings. The molecule has 3 rings (SSSR count). The number of hydrogen-bond donors (Lipinski definition) is 7. The van der Waals surface area contributed by atoms with Gasteiger partial charge in [0.05, 0.1) is 35.4 Å². The third kappa shape index (κ3) is 7.14. The number of anilines is 1. The van der Waals surface area contributed by atoms with Gasteiger partial charge in [-0.05, 0) is 19.9 Å². The first-order valence-electron chi connectivity index (χ1n) is 11.8. The molecule has 18 nitrogen and oxygen atoms in total. The van der Waals surface area contributed by atoms with E-state index in [-0.39, 0.29) is 20.6 Å². The van der Waals surface area contributed by atoms with Crippen molar-refractivity contribution in [2.24, 2.45) is 11.1 Å². The Hall–Kier alpha value is -4.69. The van der Waals surface area contributed by atoms with Crippen LogP contribution in [0.25, 0.3) is 0 Å². The fraction of sp³-hybridized carbons (Fsp3) is 0.364. The van der Waals surface area contributed by atoms with Crippen molar-refractivity contribution >= 4 is 56.0 Å². The number of carboxylic acids is 1. The molecule has 1 aliphatic heterocycles. The Bertz CT molecular complexity index is 1610. The molecular formula is C22H26N6O12S2. The van der Waals surface area contributed by atoms with E-state index in [9.17, 15) is 52.4 Å². The third-order valence-corrected chi connectivity index (χ3v) is 7.69. The Labute approximate surface area is 240 Å². The zero-order valence-electron chi connectivity index (χ0n) is 21.9. The van der Waals surface area contributed by atoms with Crippen molar-refractivity contribution in [2.75, 3.05) is 12.3 Å². The number of carboxylic acid groups (broad SMARTS) is 1. The van der Waals surface area contributed by atoms with E-state index in [0.29, 0.717) is 10.9 Å². The lowest BCUT2D eigenvalue weighted by Gasteiger charge is -2.44. The van der Waals surface area contributed by atoms with Gasteiger partial charge in [0.1, 0.15) is 0 Å². The minimum atomic E-state index is -5.09. The number of β-lactam (4-membered cyclic amide) rings is 1. The van der Waals surface area contributed by atoms with E-state index < -0.39 is 88.0 Å². The second-order valence-electron chi connectivity index (χ2n) is 9.42. The number of thiophene rings is 1. The third-order valence-electron chi connectivity index (χ3n) is 5.98. The maximum absolute atomic E-state index is 13.2. The summed E-state index contributed by atoms with van der Waals surface area (Å²) in [5, 5.41) is 38.2. The predicted octanol–water partition coefficient (Wildman–Crippen LogP) is -0.893. The molecule has 2 aromatic heterocycles. The first-order valence-corrected chi connectivity index (χ1v) is 14.0. The molecule has 0 spiro atoms. The maximum atomic E-state index is 13.2. The first kappa shape index (κ1) is 31.8. The summed E-state index contributed by atoms with van der Waals surface area (Å²) in [7, 11) is -5.09. The normalized spacial score (nSPS) is 17.4. The van der Waals surface area contributed by atoms with E-state index in [2.05, 4.69) is 15.8 Å². The number of aromatic hydroxyl groups is 1. The quantitative estimate of drug-likeness (QED) is 0.0493.